The molecule has 22 heavy (non-hydrogen) atoms. The van der Waals surface area contributed by atoms with E-state index in [-0.39, 0.29) is 11.5 Å². The number of aromatic nitrogens is 4. The van der Waals surface area contributed by atoms with Crippen molar-refractivity contribution in [3.63, 3.8) is 0 Å². The van der Waals surface area contributed by atoms with Crippen LogP contribution >= 0.6 is 0 Å². The van der Waals surface area contributed by atoms with Crippen LogP contribution in [0.15, 0.2) is 22.6 Å². The normalized spacial score (nSPS) is 11.1. The zero-order valence-corrected chi connectivity index (χ0v) is 12.4. The molecule has 2 aromatic heterocycles. The summed E-state index contributed by atoms with van der Waals surface area (Å²) >= 11 is 0. The van der Waals surface area contributed by atoms with Crippen LogP contribution < -0.4 is 0 Å². The van der Waals surface area contributed by atoms with E-state index in [1.807, 2.05) is 6.92 Å². The predicted octanol–water partition coefficient (Wildman–Crippen LogP) is 3.18. The van der Waals surface area contributed by atoms with Crippen LogP contribution in [0, 0.1) is 32.4 Å². The minimum atomic E-state index is -0.671. The van der Waals surface area contributed by atoms with E-state index in [9.17, 15) is 8.78 Å². The van der Waals surface area contributed by atoms with Gasteiger partial charge in [0.2, 0.25) is 5.89 Å². The molecule has 2 heterocycles. The molecule has 0 amide bonds. The van der Waals surface area contributed by atoms with E-state index in [1.165, 1.54) is 12.1 Å². The molecular weight excluding hydrogens is 290 g/mol. The second-order valence-electron chi connectivity index (χ2n) is 5.04. The second-order valence-corrected chi connectivity index (χ2v) is 5.04. The predicted molar refractivity (Wildman–Crippen MR) is 75.2 cm³/mol. The lowest BCUT2D eigenvalue weighted by Crippen LogP contribution is -2.05. The van der Waals surface area contributed by atoms with Gasteiger partial charge in [-0.25, -0.2) is 23.4 Å². The molecule has 0 aliphatic heterocycles. The number of aryl methyl sites for hydroxylation is 3. The van der Waals surface area contributed by atoms with Crippen LogP contribution in [0.3, 0.4) is 0 Å². The Kier molecular flexibility index (Phi) is 3.48. The van der Waals surface area contributed by atoms with Gasteiger partial charge in [-0.15, -0.1) is 0 Å². The summed E-state index contributed by atoms with van der Waals surface area (Å²) in [5.74, 6) is 0.849. The summed E-state index contributed by atoms with van der Waals surface area (Å²) in [5, 5.41) is 4.26. The number of halogens is 2. The van der Waals surface area contributed by atoms with Gasteiger partial charge in [0.15, 0.2) is 0 Å². The molecule has 0 unspecified atom stereocenters. The standard InChI is InChI=1S/C15H14F2N4O/c1-8-14(7-21-10(3)18-9(2)20-21)19-15(22-8)11-4-12(16)6-13(17)5-11/h4-6H,7H2,1-3H3. The molecule has 0 aliphatic carbocycles. The van der Waals surface area contributed by atoms with E-state index in [2.05, 4.69) is 15.1 Å². The van der Waals surface area contributed by atoms with Crippen LogP contribution in [0.1, 0.15) is 23.1 Å². The van der Waals surface area contributed by atoms with E-state index in [1.54, 1.807) is 18.5 Å². The highest BCUT2D eigenvalue weighted by atomic mass is 19.1. The van der Waals surface area contributed by atoms with Gasteiger partial charge in [-0.2, -0.15) is 5.10 Å². The Morgan fingerprint density at radius 1 is 1.05 bits per heavy atom. The van der Waals surface area contributed by atoms with E-state index in [4.69, 9.17) is 4.42 Å². The zero-order valence-electron chi connectivity index (χ0n) is 12.4. The van der Waals surface area contributed by atoms with E-state index in [0.717, 1.165) is 11.9 Å². The van der Waals surface area contributed by atoms with Crippen molar-refractivity contribution in [3.8, 4) is 11.5 Å². The Morgan fingerprint density at radius 2 is 1.73 bits per heavy atom. The average Bonchev–Trinajstić information content (AvgIpc) is 2.93. The van der Waals surface area contributed by atoms with Gasteiger partial charge >= 0.3 is 0 Å². The van der Waals surface area contributed by atoms with Gasteiger partial charge in [0, 0.05) is 11.6 Å². The fourth-order valence-electron chi connectivity index (χ4n) is 2.23. The van der Waals surface area contributed by atoms with Gasteiger partial charge in [0.25, 0.3) is 0 Å². The molecule has 0 aliphatic rings. The Bertz CT molecular complexity index is 818. The van der Waals surface area contributed by atoms with Gasteiger partial charge in [-0.05, 0) is 32.9 Å². The lowest BCUT2D eigenvalue weighted by molar-refractivity contribution is 0.531. The van der Waals surface area contributed by atoms with Crippen LogP contribution in [-0.4, -0.2) is 19.7 Å². The van der Waals surface area contributed by atoms with Gasteiger partial charge in [0.05, 0.1) is 6.54 Å². The van der Waals surface area contributed by atoms with Crippen molar-refractivity contribution in [3.05, 3.63) is 52.9 Å². The maximum absolute atomic E-state index is 13.3. The lowest BCUT2D eigenvalue weighted by Gasteiger charge is -1.99. The highest BCUT2D eigenvalue weighted by Crippen LogP contribution is 2.24. The number of oxazole rings is 1. The van der Waals surface area contributed by atoms with Crippen molar-refractivity contribution in [2.24, 2.45) is 0 Å². The van der Waals surface area contributed by atoms with Crippen molar-refractivity contribution in [1.82, 2.24) is 19.7 Å². The Morgan fingerprint density at radius 3 is 2.32 bits per heavy atom. The fraction of sp³-hybridized carbons (Fsp3) is 0.267. The summed E-state index contributed by atoms with van der Waals surface area (Å²) in [5.41, 5.74) is 0.908. The molecule has 7 heteroatoms. The van der Waals surface area contributed by atoms with Crippen molar-refractivity contribution >= 4 is 0 Å². The minimum Gasteiger partial charge on any atom is -0.441 e. The molecule has 0 bridgehead atoms. The lowest BCUT2D eigenvalue weighted by atomic mass is 10.2. The largest absolute Gasteiger partial charge is 0.441 e. The molecule has 3 rings (SSSR count). The first-order chi connectivity index (χ1) is 10.4. The third-order valence-corrected chi connectivity index (χ3v) is 3.26. The summed E-state index contributed by atoms with van der Waals surface area (Å²) in [6.45, 7) is 5.79. The van der Waals surface area contributed by atoms with Crippen LogP contribution in [0.25, 0.3) is 11.5 Å². The summed E-state index contributed by atoms with van der Waals surface area (Å²) in [6, 6.07) is 3.17. The molecule has 0 saturated heterocycles. The molecular formula is C15H14F2N4O. The number of benzene rings is 1. The summed E-state index contributed by atoms with van der Waals surface area (Å²) < 4.78 is 33.8. The van der Waals surface area contributed by atoms with Crippen molar-refractivity contribution in [2.75, 3.05) is 0 Å². The first kappa shape index (κ1) is 14.4. The second kappa shape index (κ2) is 5.32. The number of hydrogen-bond acceptors (Lipinski definition) is 4. The monoisotopic (exact) mass is 304 g/mol. The van der Waals surface area contributed by atoms with Gasteiger partial charge < -0.3 is 4.42 Å². The first-order valence-electron chi connectivity index (χ1n) is 6.73. The van der Waals surface area contributed by atoms with Gasteiger partial charge in [-0.3, -0.25) is 0 Å². The van der Waals surface area contributed by atoms with E-state index < -0.39 is 11.6 Å². The smallest absolute Gasteiger partial charge is 0.226 e. The van der Waals surface area contributed by atoms with E-state index in [0.29, 0.717) is 23.8 Å². The van der Waals surface area contributed by atoms with E-state index >= 15 is 0 Å². The summed E-state index contributed by atoms with van der Waals surface area (Å²) in [7, 11) is 0. The van der Waals surface area contributed by atoms with Gasteiger partial charge in [0.1, 0.15) is 34.7 Å². The van der Waals surface area contributed by atoms with Crippen LogP contribution in [0.4, 0.5) is 8.78 Å². The maximum atomic E-state index is 13.3. The van der Waals surface area contributed by atoms with Crippen molar-refractivity contribution in [1.29, 1.82) is 0 Å². The first-order valence-corrected chi connectivity index (χ1v) is 6.73. The molecule has 0 N–H and O–H groups in total. The number of hydrogen-bond donors (Lipinski definition) is 0. The summed E-state index contributed by atoms with van der Waals surface area (Å²) in [4.78, 5) is 8.54. The average molecular weight is 304 g/mol. The molecule has 0 radical (unpaired) electrons. The van der Waals surface area contributed by atoms with Crippen LogP contribution in [0.5, 0.6) is 0 Å². The highest BCUT2D eigenvalue weighted by Gasteiger charge is 2.15. The Labute approximate surface area is 125 Å². The van der Waals surface area contributed by atoms with Crippen molar-refractivity contribution < 1.29 is 13.2 Å². The van der Waals surface area contributed by atoms with Crippen LogP contribution in [-0.2, 0) is 6.54 Å². The third kappa shape index (κ3) is 2.74. The van der Waals surface area contributed by atoms with Crippen LogP contribution in [0.2, 0.25) is 0 Å². The zero-order chi connectivity index (χ0) is 15.9. The van der Waals surface area contributed by atoms with Gasteiger partial charge in [-0.1, -0.05) is 0 Å². The molecule has 0 fully saturated rings. The Hall–Kier alpha value is -2.57. The SMILES string of the molecule is Cc1nc(C)n(Cc2nc(-c3cc(F)cc(F)c3)oc2C)n1. The maximum Gasteiger partial charge on any atom is 0.226 e. The topological polar surface area (TPSA) is 56.7 Å². The molecule has 114 valence electrons. The third-order valence-electron chi connectivity index (χ3n) is 3.26. The molecule has 0 atom stereocenters. The quantitative estimate of drug-likeness (QED) is 0.745. The number of nitrogens with zero attached hydrogens (tertiary/aromatic N) is 4. The highest BCUT2D eigenvalue weighted by molar-refractivity contribution is 5.53. The molecule has 0 spiro atoms. The molecule has 5 nitrogen and oxygen atoms in total. The fourth-order valence-corrected chi connectivity index (χ4v) is 2.23. The summed E-state index contributed by atoms with van der Waals surface area (Å²) in [6.07, 6.45) is 0. The Balaban J connectivity index is 1.95. The molecule has 1 aromatic carbocycles. The van der Waals surface area contributed by atoms with Crippen molar-refractivity contribution in [2.45, 2.75) is 27.3 Å². The molecule has 0 saturated carbocycles. The minimum absolute atomic E-state index is 0.181. The molecule has 3 aromatic rings. The number of rotatable bonds is 3.